The molecule has 15 heavy (non-hydrogen) atoms. The van der Waals surface area contributed by atoms with Crippen LogP contribution >= 0.6 is 0 Å². The van der Waals surface area contributed by atoms with Crippen LogP contribution < -0.4 is 0 Å². The van der Waals surface area contributed by atoms with Crippen molar-refractivity contribution in [1.29, 1.82) is 0 Å². The molecule has 2 radical (unpaired) electrons. The van der Waals surface area contributed by atoms with Crippen LogP contribution in [0.4, 0.5) is 4.79 Å². The first-order valence-electron chi connectivity index (χ1n) is 4.44. The molecule has 1 unspecified atom stereocenters. The minimum atomic E-state index is -0.613. The van der Waals surface area contributed by atoms with Crippen molar-refractivity contribution in [3.63, 3.8) is 0 Å². The maximum Gasteiger partial charge on any atom is 0.264 e. The van der Waals surface area contributed by atoms with Gasteiger partial charge in [0.1, 0.15) is 0 Å². The summed E-state index contributed by atoms with van der Waals surface area (Å²) in [5.74, 6) is -0.508. The second kappa shape index (κ2) is 7.53. The first-order chi connectivity index (χ1) is 6.29. The molecule has 0 heterocycles. The van der Waals surface area contributed by atoms with Gasteiger partial charge in [0.25, 0.3) is 7.28 Å². The molecule has 0 aliphatic heterocycles. The average molecular weight is 286 g/mol. The van der Waals surface area contributed by atoms with Crippen molar-refractivity contribution in [1.82, 2.24) is 0 Å². The van der Waals surface area contributed by atoms with Gasteiger partial charge in [-0.25, -0.2) is 0 Å². The van der Waals surface area contributed by atoms with Crippen molar-refractivity contribution in [2.24, 2.45) is 0 Å². The molecule has 6 heteroatoms. The molecule has 0 aromatic heterocycles. The van der Waals surface area contributed by atoms with Crippen molar-refractivity contribution in [2.75, 3.05) is 7.11 Å². The van der Waals surface area contributed by atoms with Gasteiger partial charge >= 0.3 is 0 Å². The predicted octanol–water partition coefficient (Wildman–Crippen LogP) is 1.54. The summed E-state index contributed by atoms with van der Waals surface area (Å²) < 4.78 is 5.08. The number of nitrogens with zero attached hydrogens (tertiary/aromatic N) is 1. The minimum Gasteiger partial charge on any atom is -0.655 e. The Balaban J connectivity index is 0. The van der Waals surface area contributed by atoms with Crippen LogP contribution in [-0.4, -0.2) is 37.5 Å². The van der Waals surface area contributed by atoms with Crippen molar-refractivity contribution in [2.45, 2.75) is 39.3 Å². The van der Waals surface area contributed by atoms with E-state index in [4.69, 9.17) is 4.74 Å². The predicted molar refractivity (Wildman–Crippen MR) is 55.7 cm³/mol. The Morgan fingerprint density at radius 1 is 1.40 bits per heavy atom. The summed E-state index contributed by atoms with van der Waals surface area (Å²) in [7, 11) is 2.53. The van der Waals surface area contributed by atoms with Crippen molar-refractivity contribution in [3.8, 4) is 0 Å². The molecule has 4 nitrogen and oxygen atoms in total. The molecular weight excluding hydrogens is 270 g/mol. The largest absolute Gasteiger partial charge is 0.655 e. The van der Waals surface area contributed by atoms with Crippen LogP contribution in [0, 0.1) is 0 Å². The Bertz CT molecular complexity index is 233. The molecule has 1 amide bonds. The summed E-state index contributed by atoms with van der Waals surface area (Å²) in [6.07, 6.45) is -0.174. The summed E-state index contributed by atoms with van der Waals surface area (Å²) in [6, 6.07) is 0. The van der Waals surface area contributed by atoms with Crippen LogP contribution in [0.2, 0.25) is 0 Å². The van der Waals surface area contributed by atoms with Crippen LogP contribution in [0.3, 0.4) is 0 Å². The summed E-state index contributed by atoms with van der Waals surface area (Å²) in [5, 5.41) is 3.88. The molecule has 0 rings (SSSR count). The topological polar surface area (TPSA) is 57.5 Å². The fourth-order valence-electron chi connectivity index (χ4n) is 0.869. The van der Waals surface area contributed by atoms with E-state index in [1.807, 2.05) is 6.92 Å². The van der Waals surface area contributed by atoms with E-state index in [-0.39, 0.29) is 44.5 Å². The van der Waals surface area contributed by atoms with E-state index in [1.165, 1.54) is 6.92 Å². The summed E-state index contributed by atoms with van der Waals surface area (Å²) >= 11 is 0. The minimum absolute atomic E-state index is 0. The third-order valence-electron chi connectivity index (χ3n) is 2.07. The van der Waals surface area contributed by atoms with Gasteiger partial charge in [0.2, 0.25) is 0 Å². The molecule has 0 aliphatic rings. The molecule has 0 N–H and O–H groups in total. The molecule has 0 aliphatic carbocycles. The molecular formula is C9H16BNO3Y-. The van der Waals surface area contributed by atoms with E-state index in [9.17, 15) is 9.59 Å². The van der Waals surface area contributed by atoms with E-state index in [0.717, 1.165) is 7.28 Å². The number of ether oxygens (including phenoxy) is 1. The zero-order valence-electron chi connectivity index (χ0n) is 9.90. The van der Waals surface area contributed by atoms with Crippen LogP contribution in [0.5, 0.6) is 0 Å². The zero-order valence-corrected chi connectivity index (χ0v) is 12.7. The number of hydrogen-bond donors (Lipinski definition) is 0. The van der Waals surface area contributed by atoms with E-state index in [1.54, 1.807) is 21.0 Å². The molecule has 0 bridgehead atoms. The van der Waals surface area contributed by atoms with Crippen LogP contribution in [0.1, 0.15) is 27.7 Å². The van der Waals surface area contributed by atoms with Gasteiger partial charge in [0.05, 0.1) is 5.68 Å². The Morgan fingerprint density at radius 2 is 1.87 bits per heavy atom. The first kappa shape index (κ1) is 17.7. The van der Waals surface area contributed by atoms with Crippen molar-refractivity contribution in [3.05, 3.63) is 5.32 Å². The smallest absolute Gasteiger partial charge is 0.264 e. The number of rotatable bonds is 5. The quantitative estimate of drug-likeness (QED) is 0.720. The van der Waals surface area contributed by atoms with Gasteiger partial charge in [-0.3, -0.25) is 0 Å². The zero-order chi connectivity index (χ0) is 11.4. The SMILES string of the molecule is COC(C)C(C)(C)[N-]C(=O)[B]C(C)=O.[Y]. The van der Waals surface area contributed by atoms with E-state index >= 15 is 0 Å². The number of carbonyl (C=O) groups is 2. The first-order valence-corrected chi connectivity index (χ1v) is 4.44. The normalized spacial score (nSPS) is 12.3. The van der Waals surface area contributed by atoms with Gasteiger partial charge in [0.15, 0.2) is 0 Å². The van der Waals surface area contributed by atoms with Gasteiger partial charge in [0, 0.05) is 51.7 Å². The van der Waals surface area contributed by atoms with Gasteiger partial charge in [-0.05, 0) is 13.8 Å². The second-order valence-corrected chi connectivity index (χ2v) is 3.74. The Hall–Kier alpha value is 0.269. The van der Waals surface area contributed by atoms with E-state index in [0.29, 0.717) is 0 Å². The maximum absolute atomic E-state index is 11.2. The summed E-state index contributed by atoms with van der Waals surface area (Å²) in [6.45, 7) is 6.71. The summed E-state index contributed by atoms with van der Waals surface area (Å²) in [5.41, 5.74) is -0.905. The van der Waals surface area contributed by atoms with Crippen LogP contribution in [-0.2, 0) is 42.2 Å². The number of carbonyl (C=O) groups excluding carboxylic acids is 2. The fourth-order valence-corrected chi connectivity index (χ4v) is 0.869. The average Bonchev–Trinajstić information content (AvgIpc) is 1.99. The monoisotopic (exact) mass is 286 g/mol. The number of hydrogen-bond acceptors (Lipinski definition) is 3. The van der Waals surface area contributed by atoms with E-state index < -0.39 is 11.3 Å². The Labute approximate surface area is 117 Å². The molecule has 0 saturated heterocycles. The standard InChI is InChI=1S/C9H17BNO3.Y/c1-6(14-5)9(3,4)11-8(13)10-7(2)12;/h6H,1-5H3,(H,11,13);/p-1. The molecule has 0 aromatic rings. The number of methoxy groups -OCH3 is 1. The van der Waals surface area contributed by atoms with Crippen molar-refractivity contribution < 1.29 is 47.0 Å². The van der Waals surface area contributed by atoms with Gasteiger partial charge in [-0.1, -0.05) is 19.4 Å². The molecule has 0 aromatic carbocycles. The Morgan fingerprint density at radius 3 is 2.20 bits per heavy atom. The van der Waals surface area contributed by atoms with Gasteiger partial charge in [-0.15, -0.1) is 0 Å². The van der Waals surface area contributed by atoms with Gasteiger partial charge in [-0.2, -0.15) is 0 Å². The number of amides is 1. The van der Waals surface area contributed by atoms with Gasteiger partial charge < -0.3 is 19.6 Å². The summed E-state index contributed by atoms with van der Waals surface area (Å²) in [4.78, 5) is 21.8. The second-order valence-electron chi connectivity index (χ2n) is 3.74. The molecule has 1 atom stereocenters. The molecule has 0 spiro atoms. The molecule has 0 saturated carbocycles. The molecule has 0 fully saturated rings. The van der Waals surface area contributed by atoms with Crippen LogP contribution in [0.25, 0.3) is 5.32 Å². The maximum atomic E-state index is 11.2. The van der Waals surface area contributed by atoms with Crippen LogP contribution in [0.15, 0.2) is 0 Å². The third-order valence-corrected chi connectivity index (χ3v) is 2.07. The Kier molecular flexibility index (Phi) is 8.86. The third kappa shape index (κ3) is 7.20. The fraction of sp³-hybridized carbons (Fsp3) is 0.778. The van der Waals surface area contributed by atoms with Crippen molar-refractivity contribution >= 4 is 18.8 Å². The molecule has 82 valence electrons. The van der Waals surface area contributed by atoms with E-state index in [2.05, 4.69) is 5.32 Å².